The Morgan fingerprint density at radius 1 is 1.00 bits per heavy atom. The molecule has 140 valence electrons. The van der Waals surface area contributed by atoms with E-state index >= 15 is 0 Å². The minimum absolute atomic E-state index is 0.0319. The molecule has 1 fully saturated rings. The van der Waals surface area contributed by atoms with Crippen molar-refractivity contribution in [3.8, 4) is 0 Å². The van der Waals surface area contributed by atoms with Crippen molar-refractivity contribution in [3.05, 3.63) is 76.5 Å². The molecule has 2 aromatic heterocycles. The van der Waals surface area contributed by atoms with Crippen molar-refractivity contribution in [1.82, 2.24) is 19.9 Å². The van der Waals surface area contributed by atoms with Gasteiger partial charge in [-0.05, 0) is 31.0 Å². The number of hydrogen-bond acceptors (Lipinski definition) is 3. The number of rotatable bonds is 2. The molecule has 1 aliphatic heterocycles. The number of pyridine rings is 1. The lowest BCUT2D eigenvalue weighted by Gasteiger charge is -2.31. The fourth-order valence-corrected chi connectivity index (χ4v) is 4.08. The Kier molecular flexibility index (Phi) is 3.97. The quantitative estimate of drug-likeness (QED) is 0.566. The lowest BCUT2D eigenvalue weighted by Crippen LogP contribution is -2.38. The second kappa shape index (κ2) is 6.64. The van der Waals surface area contributed by atoms with Gasteiger partial charge in [0, 0.05) is 36.0 Å². The molecule has 2 aromatic carbocycles. The Labute approximate surface area is 161 Å². The van der Waals surface area contributed by atoms with Crippen LogP contribution >= 0.6 is 0 Å². The summed E-state index contributed by atoms with van der Waals surface area (Å²) < 4.78 is 0. The number of H-pyrrole nitrogens is 2. The molecule has 1 saturated heterocycles. The van der Waals surface area contributed by atoms with Gasteiger partial charge >= 0.3 is 0 Å². The van der Waals surface area contributed by atoms with Crippen LogP contribution in [0.3, 0.4) is 0 Å². The van der Waals surface area contributed by atoms with Gasteiger partial charge in [0.15, 0.2) is 0 Å². The van der Waals surface area contributed by atoms with Crippen molar-refractivity contribution < 1.29 is 4.79 Å². The SMILES string of the molecule is O=C(c1c[nH]c(=O)c2ccccc12)N1CCC(c2nc3ccccc3[nH]2)CC1. The third-order valence-corrected chi connectivity index (χ3v) is 5.62. The average molecular weight is 372 g/mol. The topological polar surface area (TPSA) is 81.8 Å². The van der Waals surface area contributed by atoms with Crippen molar-refractivity contribution in [2.75, 3.05) is 13.1 Å². The summed E-state index contributed by atoms with van der Waals surface area (Å²) in [6.45, 7) is 1.35. The summed E-state index contributed by atoms with van der Waals surface area (Å²) >= 11 is 0. The minimum atomic E-state index is -0.171. The van der Waals surface area contributed by atoms with E-state index in [0.29, 0.717) is 35.3 Å². The Bertz CT molecular complexity index is 1200. The van der Waals surface area contributed by atoms with Crippen molar-refractivity contribution in [2.45, 2.75) is 18.8 Å². The number of hydrogen-bond donors (Lipinski definition) is 2. The zero-order chi connectivity index (χ0) is 19.1. The maximum Gasteiger partial charge on any atom is 0.255 e. The molecule has 0 unspecified atom stereocenters. The predicted molar refractivity (Wildman–Crippen MR) is 109 cm³/mol. The summed E-state index contributed by atoms with van der Waals surface area (Å²) in [5.41, 5.74) is 2.42. The maximum atomic E-state index is 13.1. The maximum absolute atomic E-state index is 13.1. The van der Waals surface area contributed by atoms with Crippen molar-refractivity contribution in [2.24, 2.45) is 0 Å². The standard InChI is InChI=1S/C22H20N4O2/c27-21-16-6-2-1-5-15(16)17(13-23-21)22(28)26-11-9-14(10-12-26)20-24-18-7-3-4-8-19(18)25-20/h1-8,13-14H,9-12H2,(H,23,27)(H,24,25). The number of para-hydroxylation sites is 2. The smallest absolute Gasteiger partial charge is 0.255 e. The molecule has 2 N–H and O–H groups in total. The fraction of sp³-hybridized carbons (Fsp3) is 0.227. The molecule has 3 heterocycles. The van der Waals surface area contributed by atoms with E-state index in [1.54, 1.807) is 12.3 Å². The van der Waals surface area contributed by atoms with Gasteiger partial charge in [-0.2, -0.15) is 0 Å². The van der Waals surface area contributed by atoms with Crippen molar-refractivity contribution >= 4 is 27.7 Å². The van der Waals surface area contributed by atoms with E-state index in [1.807, 2.05) is 47.4 Å². The van der Waals surface area contributed by atoms with Gasteiger partial charge < -0.3 is 14.9 Å². The van der Waals surface area contributed by atoms with Crippen LogP contribution in [0.25, 0.3) is 21.8 Å². The molecule has 1 aliphatic rings. The number of likely N-dealkylation sites (tertiary alicyclic amines) is 1. The molecule has 0 aliphatic carbocycles. The van der Waals surface area contributed by atoms with Gasteiger partial charge in [0.05, 0.1) is 16.6 Å². The molecule has 0 radical (unpaired) electrons. The third kappa shape index (κ3) is 2.78. The highest BCUT2D eigenvalue weighted by Gasteiger charge is 2.27. The van der Waals surface area contributed by atoms with E-state index in [1.165, 1.54) is 0 Å². The number of nitrogens with zero attached hydrogens (tertiary/aromatic N) is 2. The van der Waals surface area contributed by atoms with Gasteiger partial charge in [-0.15, -0.1) is 0 Å². The van der Waals surface area contributed by atoms with E-state index in [4.69, 9.17) is 4.98 Å². The second-order valence-electron chi connectivity index (χ2n) is 7.28. The number of benzene rings is 2. The summed E-state index contributed by atoms with van der Waals surface area (Å²) in [4.78, 5) is 37.8. The molecule has 0 bridgehead atoms. The van der Waals surface area contributed by atoms with Crippen LogP contribution in [-0.2, 0) is 0 Å². The first-order chi connectivity index (χ1) is 13.7. The monoisotopic (exact) mass is 372 g/mol. The van der Waals surface area contributed by atoms with Crippen molar-refractivity contribution in [3.63, 3.8) is 0 Å². The minimum Gasteiger partial charge on any atom is -0.342 e. The lowest BCUT2D eigenvalue weighted by molar-refractivity contribution is 0.0713. The van der Waals surface area contributed by atoms with Crippen LogP contribution in [0.4, 0.5) is 0 Å². The molecule has 6 nitrogen and oxygen atoms in total. The Hall–Kier alpha value is -3.41. The first-order valence-electron chi connectivity index (χ1n) is 9.55. The zero-order valence-electron chi connectivity index (χ0n) is 15.3. The molecule has 0 spiro atoms. The van der Waals surface area contributed by atoms with Gasteiger partial charge in [-0.1, -0.05) is 30.3 Å². The molecule has 5 rings (SSSR count). The van der Waals surface area contributed by atoms with Crippen LogP contribution in [0.1, 0.15) is 34.9 Å². The highest BCUT2D eigenvalue weighted by Crippen LogP contribution is 2.29. The van der Waals surface area contributed by atoms with Crippen molar-refractivity contribution in [1.29, 1.82) is 0 Å². The van der Waals surface area contributed by atoms with Crippen LogP contribution in [0.5, 0.6) is 0 Å². The van der Waals surface area contributed by atoms with E-state index in [9.17, 15) is 9.59 Å². The number of fused-ring (bicyclic) bond motifs is 2. The molecule has 0 saturated carbocycles. The predicted octanol–water partition coefficient (Wildman–Crippen LogP) is 3.42. The summed E-state index contributed by atoms with van der Waals surface area (Å²) in [7, 11) is 0. The van der Waals surface area contributed by atoms with Gasteiger partial charge in [0.2, 0.25) is 0 Å². The number of amides is 1. The summed E-state index contributed by atoms with van der Waals surface area (Å²) in [5.74, 6) is 1.29. The second-order valence-corrected chi connectivity index (χ2v) is 7.28. The number of aromatic nitrogens is 3. The van der Waals surface area contributed by atoms with Gasteiger partial charge in [-0.3, -0.25) is 9.59 Å². The van der Waals surface area contributed by atoms with Crippen LogP contribution < -0.4 is 5.56 Å². The van der Waals surface area contributed by atoms with Gasteiger partial charge in [0.1, 0.15) is 5.82 Å². The lowest BCUT2D eigenvalue weighted by atomic mass is 9.95. The Morgan fingerprint density at radius 2 is 1.71 bits per heavy atom. The van der Waals surface area contributed by atoms with Gasteiger partial charge in [-0.25, -0.2) is 4.98 Å². The average Bonchev–Trinajstić information content (AvgIpc) is 3.18. The molecule has 4 aromatic rings. The highest BCUT2D eigenvalue weighted by atomic mass is 16.2. The van der Waals surface area contributed by atoms with E-state index in [2.05, 4.69) is 9.97 Å². The number of imidazole rings is 1. The number of carbonyl (C=O) groups is 1. The highest BCUT2D eigenvalue weighted by molar-refractivity contribution is 6.06. The van der Waals surface area contributed by atoms with Crippen LogP contribution in [0, 0.1) is 0 Å². The summed E-state index contributed by atoms with van der Waals surface area (Å²) in [5, 5.41) is 1.25. The summed E-state index contributed by atoms with van der Waals surface area (Å²) in [6, 6.07) is 15.3. The van der Waals surface area contributed by atoms with Crippen LogP contribution in [-0.4, -0.2) is 38.8 Å². The Balaban J connectivity index is 1.36. The molecule has 28 heavy (non-hydrogen) atoms. The molecule has 1 amide bonds. The Morgan fingerprint density at radius 3 is 2.50 bits per heavy atom. The van der Waals surface area contributed by atoms with E-state index in [-0.39, 0.29) is 11.5 Å². The number of carbonyl (C=O) groups excluding carboxylic acids is 1. The third-order valence-electron chi connectivity index (χ3n) is 5.62. The normalized spacial score (nSPS) is 15.4. The molecule has 6 heteroatoms. The fourth-order valence-electron chi connectivity index (χ4n) is 4.08. The molecular formula is C22H20N4O2. The molecule has 0 atom stereocenters. The largest absolute Gasteiger partial charge is 0.342 e. The number of piperidine rings is 1. The van der Waals surface area contributed by atoms with E-state index in [0.717, 1.165) is 29.7 Å². The number of nitrogens with one attached hydrogen (secondary N) is 2. The zero-order valence-corrected chi connectivity index (χ0v) is 15.3. The van der Waals surface area contributed by atoms with Crippen LogP contribution in [0.2, 0.25) is 0 Å². The summed E-state index contributed by atoms with van der Waals surface area (Å²) in [6.07, 6.45) is 3.28. The number of aromatic amines is 2. The molecular weight excluding hydrogens is 352 g/mol. The van der Waals surface area contributed by atoms with Crippen LogP contribution in [0.15, 0.2) is 59.5 Å². The first kappa shape index (κ1) is 16.7. The first-order valence-corrected chi connectivity index (χ1v) is 9.55. The van der Waals surface area contributed by atoms with E-state index < -0.39 is 0 Å². The van der Waals surface area contributed by atoms with Gasteiger partial charge in [0.25, 0.3) is 11.5 Å².